The molecule has 0 saturated carbocycles. The second kappa shape index (κ2) is 39.8. The number of rotatable bonds is 24. The fourth-order valence-electron chi connectivity index (χ4n) is 17.9. The Hall–Kier alpha value is -13.8. The zero-order valence-electron chi connectivity index (χ0n) is 70.3. The average Bonchev–Trinajstić information content (AvgIpc) is 1.67. The van der Waals surface area contributed by atoms with Crippen molar-refractivity contribution < 1.29 is 23.9 Å². The van der Waals surface area contributed by atoms with Crippen LogP contribution in [-0.2, 0) is 71.7 Å². The van der Waals surface area contributed by atoms with Gasteiger partial charge in [0, 0.05) is 263 Å². The first-order valence-corrected chi connectivity index (χ1v) is 43.7. The number of aromatic amines is 4. The molecule has 20 rings (SSSR count). The lowest BCUT2D eigenvalue weighted by molar-refractivity contribution is -0.135. The van der Waals surface area contributed by atoms with Crippen molar-refractivity contribution in [2.75, 3.05) is 59.0 Å². The van der Waals surface area contributed by atoms with Crippen LogP contribution in [0.1, 0.15) is 87.7 Å². The number of nitrogens with one attached hydrogen (secondary N) is 4. The van der Waals surface area contributed by atoms with Gasteiger partial charge in [0.05, 0.1) is 36.2 Å². The summed E-state index contributed by atoms with van der Waals surface area (Å²) >= 11 is 0. The van der Waals surface area contributed by atoms with Gasteiger partial charge >= 0.3 is 0 Å². The van der Waals surface area contributed by atoms with E-state index in [1.54, 1.807) is 29.5 Å². The van der Waals surface area contributed by atoms with Crippen molar-refractivity contribution in [2.24, 2.45) is 30.7 Å². The van der Waals surface area contributed by atoms with Gasteiger partial charge in [0.15, 0.2) is 6.61 Å². The molecule has 0 radical (unpaired) electrons. The molecule has 4 aliphatic rings. The molecule has 15 heterocycles. The summed E-state index contributed by atoms with van der Waals surface area (Å²) in [5, 5.41) is 37.0. The number of piperidine rings is 4. The molecule has 16 aromatic rings. The van der Waals surface area contributed by atoms with Gasteiger partial charge in [0.25, 0.3) is 5.91 Å². The lowest BCUT2D eigenvalue weighted by Crippen LogP contribution is -2.41. The fourth-order valence-corrected chi connectivity index (χ4v) is 17.9. The van der Waals surface area contributed by atoms with E-state index in [4.69, 9.17) is 4.74 Å². The molecule has 634 valence electrons. The molecule has 0 bridgehead atoms. The van der Waals surface area contributed by atoms with E-state index >= 15 is 0 Å². The topological polar surface area (TPSA) is 281 Å². The maximum absolute atomic E-state index is 12.6. The number of para-hydroxylation sites is 1. The number of nitrogens with zero attached hydrogens (tertiary/aromatic N) is 17. The average molecular weight is 1660 g/mol. The maximum atomic E-state index is 12.6. The van der Waals surface area contributed by atoms with E-state index in [0.29, 0.717) is 49.4 Å². The first-order valence-electron chi connectivity index (χ1n) is 43.7. The Morgan fingerprint density at radius 1 is 0.347 bits per heavy atom. The van der Waals surface area contributed by atoms with Crippen molar-refractivity contribution >= 4 is 67.2 Å². The Kier molecular flexibility index (Phi) is 26.5. The predicted molar refractivity (Wildman–Crippen MR) is 482 cm³/mol. The summed E-state index contributed by atoms with van der Waals surface area (Å²) in [6.07, 6.45) is 44.6. The largest absolute Gasteiger partial charge is 0.484 e. The van der Waals surface area contributed by atoms with E-state index in [0.717, 1.165) is 188 Å². The molecule has 11 aromatic heterocycles. The number of fused-ring (bicyclic) bond motifs is 4. The van der Waals surface area contributed by atoms with Crippen molar-refractivity contribution in [2.45, 2.75) is 116 Å². The van der Waals surface area contributed by atoms with E-state index in [9.17, 15) is 19.2 Å². The third-order valence-electron chi connectivity index (χ3n) is 25.1. The molecular weight excluding hydrogens is 1550 g/mol. The highest BCUT2D eigenvalue weighted by Gasteiger charge is 2.29. The number of pyridine rings is 1. The zero-order valence-corrected chi connectivity index (χ0v) is 70.3. The fraction of sp³-hybridized carbons (Fsp3) is 0.327. The van der Waals surface area contributed by atoms with E-state index < -0.39 is 0 Å². The Morgan fingerprint density at radius 3 is 1.03 bits per heavy atom. The van der Waals surface area contributed by atoms with Crippen LogP contribution in [0.4, 0.5) is 0 Å². The van der Waals surface area contributed by atoms with E-state index in [1.807, 2.05) is 137 Å². The summed E-state index contributed by atoms with van der Waals surface area (Å²) in [7, 11) is 1.91. The first-order chi connectivity index (χ1) is 60.9. The Bertz CT molecular complexity index is 5640. The summed E-state index contributed by atoms with van der Waals surface area (Å²) in [6.45, 7) is 10.8. The second-order valence-corrected chi connectivity index (χ2v) is 33.3. The smallest absolute Gasteiger partial charge is 0.260 e. The van der Waals surface area contributed by atoms with Crippen LogP contribution in [0.5, 0.6) is 5.75 Å². The van der Waals surface area contributed by atoms with E-state index in [-0.39, 0.29) is 30.2 Å². The van der Waals surface area contributed by atoms with E-state index in [2.05, 4.69) is 201 Å². The van der Waals surface area contributed by atoms with Gasteiger partial charge in [-0.25, -0.2) is 0 Å². The number of hydrogen-bond acceptors (Lipinski definition) is 13. The third kappa shape index (κ3) is 21.0. The van der Waals surface area contributed by atoms with Crippen LogP contribution in [-0.4, -0.2) is 186 Å². The minimum absolute atomic E-state index is 0.0699. The summed E-state index contributed by atoms with van der Waals surface area (Å²) in [5.41, 5.74) is 17.0. The number of aromatic nitrogens is 17. The molecule has 0 aliphatic carbocycles. The van der Waals surface area contributed by atoms with Gasteiger partial charge in [-0.05, 0) is 213 Å². The number of ether oxygens (including phenoxy) is 1. The number of carbonyl (C=O) groups is 4. The van der Waals surface area contributed by atoms with Crippen LogP contribution < -0.4 is 4.74 Å². The predicted octanol–water partition coefficient (Wildman–Crippen LogP) is 16.0. The molecule has 124 heavy (non-hydrogen) atoms. The molecular formula is C98H107N21O5. The van der Waals surface area contributed by atoms with Crippen LogP contribution in [0, 0.1) is 23.7 Å². The van der Waals surface area contributed by atoms with Gasteiger partial charge in [0.2, 0.25) is 17.7 Å². The standard InChI is InChI=1S/C25H27N5O.C25H26N4O2.C24H28N6O.C24H26N6O/c31-25(7-5-23-3-1-2-11-26-23)29-12-8-19(9-13-29)18-30-14-10-21-15-20(4-6-24(21)30)22-16-27-28-17-22;30-25(18-31-23-4-2-1-3-5-23)28-11-8-19(9-12-28)17-29-13-10-21-14-20(6-7-24(21)29)22-15-26-27-16-22;1-28-10-9-22(27-28)3-5-24(31)29-11-6-18(7-12-29)17-30-13-8-20-14-19(2-4-23(20)30)21-15-25-26-16-21;31-24(4-2-22-16-25-8-9-26-22)29-10-5-18(6-11-29)17-30-12-7-20-13-19(1-3-23(20)30)21-14-27-28-15-21/h1-4,6,10-11,14-17,19H,5,7-9,12-13,18H2,(H,27,28);1-7,10,13-16,19H,8-9,11-12,17-18H2,(H,26,27);2,4,8-10,13-16,18H,3,5-7,11-12,17H2,1H3,(H,25,26);1,3,7-9,12-16,18H,2,4-6,10-11,17H2,(H,27,28). The van der Waals surface area contributed by atoms with Gasteiger partial charge in [-0.1, -0.05) is 48.5 Å². The van der Waals surface area contributed by atoms with Crippen molar-refractivity contribution in [3.05, 3.63) is 274 Å². The normalized spacial score (nSPS) is 14.9. The van der Waals surface area contributed by atoms with Gasteiger partial charge in [-0.15, -0.1) is 0 Å². The first kappa shape index (κ1) is 82.5. The highest BCUT2D eigenvalue weighted by atomic mass is 16.5. The van der Waals surface area contributed by atoms with Crippen molar-refractivity contribution in [3.63, 3.8) is 0 Å². The highest BCUT2D eigenvalue weighted by molar-refractivity contribution is 5.89. The van der Waals surface area contributed by atoms with Crippen LogP contribution in [0.2, 0.25) is 0 Å². The molecule has 4 aliphatic heterocycles. The maximum Gasteiger partial charge on any atom is 0.260 e. The lowest BCUT2D eigenvalue weighted by Gasteiger charge is -2.32. The number of H-pyrrole nitrogens is 4. The summed E-state index contributed by atoms with van der Waals surface area (Å²) in [4.78, 5) is 70.9. The van der Waals surface area contributed by atoms with Gasteiger partial charge in [-0.3, -0.25) is 59.2 Å². The summed E-state index contributed by atoms with van der Waals surface area (Å²) < 4.78 is 16.8. The highest BCUT2D eigenvalue weighted by Crippen LogP contribution is 2.34. The molecule has 4 saturated heterocycles. The van der Waals surface area contributed by atoms with Crippen LogP contribution in [0.25, 0.3) is 88.1 Å². The SMILES string of the molecule is Cn1ccc(CCC(=O)N2CCC(Cn3ccc4cc(-c5cn[nH]c5)ccc43)CC2)n1.O=C(CCc1ccccn1)N1CCC(Cn2ccc3cc(-c4cn[nH]c4)ccc32)CC1.O=C(CCc1cnccn1)N1CCC(Cn2ccc3cc(-c4cn[nH]c4)ccc32)CC1.O=C(COc1ccccc1)N1CCC(Cn2ccc3cc(-c4cn[nH]c4)ccc32)CC1. The van der Waals surface area contributed by atoms with E-state index in [1.165, 1.54) is 65.9 Å². The Morgan fingerprint density at radius 2 is 0.702 bits per heavy atom. The van der Waals surface area contributed by atoms with Gasteiger partial charge in [0.1, 0.15) is 5.75 Å². The summed E-state index contributed by atoms with van der Waals surface area (Å²) in [6, 6.07) is 52.4. The van der Waals surface area contributed by atoms with Crippen molar-refractivity contribution in [1.82, 2.24) is 103 Å². The van der Waals surface area contributed by atoms with Gasteiger partial charge < -0.3 is 42.6 Å². The molecule has 0 unspecified atom stereocenters. The zero-order chi connectivity index (χ0) is 84.3. The van der Waals surface area contributed by atoms with Crippen molar-refractivity contribution in [1.29, 1.82) is 0 Å². The third-order valence-corrected chi connectivity index (χ3v) is 25.1. The second-order valence-electron chi connectivity index (χ2n) is 33.3. The molecule has 5 aromatic carbocycles. The molecule has 4 N–H and O–H groups in total. The number of amides is 4. The summed E-state index contributed by atoms with van der Waals surface area (Å²) in [5.74, 6) is 3.90. The Labute approximate surface area is 720 Å². The van der Waals surface area contributed by atoms with Crippen LogP contribution in [0.3, 0.4) is 0 Å². The lowest BCUT2D eigenvalue weighted by atomic mass is 9.96. The number of aryl methyl sites for hydroxylation is 4. The van der Waals surface area contributed by atoms with Gasteiger partial charge in [-0.2, -0.15) is 25.5 Å². The van der Waals surface area contributed by atoms with Crippen LogP contribution >= 0.6 is 0 Å². The van der Waals surface area contributed by atoms with Crippen LogP contribution in [0.15, 0.2) is 257 Å². The molecule has 26 nitrogen and oxygen atoms in total. The molecule has 4 amide bonds. The Balaban J connectivity index is 0.000000117. The number of hydrogen-bond donors (Lipinski definition) is 4. The molecule has 26 heteroatoms. The number of carbonyl (C=O) groups excluding carboxylic acids is 4. The minimum Gasteiger partial charge on any atom is -0.484 e. The number of likely N-dealkylation sites (tertiary alicyclic amines) is 4. The minimum atomic E-state index is 0.0699. The quantitative estimate of drug-likeness (QED) is 0.0438. The van der Waals surface area contributed by atoms with Crippen molar-refractivity contribution in [3.8, 4) is 50.3 Å². The number of benzene rings is 5. The monoisotopic (exact) mass is 1660 g/mol. The molecule has 0 atom stereocenters. The molecule has 0 spiro atoms. The molecule has 4 fully saturated rings.